The van der Waals surface area contributed by atoms with Crippen molar-refractivity contribution in [3.8, 4) is 0 Å². The molecule has 1 aliphatic heterocycles. The van der Waals surface area contributed by atoms with Gasteiger partial charge in [0.15, 0.2) is 0 Å². The molecule has 8 nitrogen and oxygen atoms in total. The summed E-state index contributed by atoms with van der Waals surface area (Å²) in [5, 5.41) is 11.3. The average Bonchev–Trinajstić information content (AvgIpc) is 2.69. The van der Waals surface area contributed by atoms with E-state index in [-0.39, 0.29) is 6.04 Å². The first-order valence-corrected chi connectivity index (χ1v) is 6.13. The van der Waals surface area contributed by atoms with Crippen molar-refractivity contribution in [3.05, 3.63) is 0 Å². The molecule has 1 heterocycles. The molecule has 1 atom stereocenters. The van der Waals surface area contributed by atoms with Crippen LogP contribution in [0.5, 0.6) is 0 Å². The van der Waals surface area contributed by atoms with E-state index in [0.29, 0.717) is 6.54 Å². The van der Waals surface area contributed by atoms with Gasteiger partial charge in [-0.2, -0.15) is 0 Å². The summed E-state index contributed by atoms with van der Waals surface area (Å²) in [7, 11) is 1.97. The molecule has 0 radical (unpaired) electrons. The second-order valence-corrected chi connectivity index (χ2v) is 4.68. The average molecular weight is 272 g/mol. The number of carbonyl (C=O) groups is 3. The molecule has 19 heavy (non-hydrogen) atoms. The normalized spacial score (nSPS) is 19.1. The van der Waals surface area contributed by atoms with Crippen molar-refractivity contribution in [1.82, 2.24) is 15.1 Å². The Labute approximate surface area is 111 Å². The third-order valence-corrected chi connectivity index (χ3v) is 3.12. The number of carbonyl (C=O) groups excluding carboxylic acids is 2. The van der Waals surface area contributed by atoms with Crippen molar-refractivity contribution in [3.63, 3.8) is 0 Å². The van der Waals surface area contributed by atoms with Crippen LogP contribution in [0.3, 0.4) is 0 Å². The third-order valence-electron chi connectivity index (χ3n) is 3.12. The Bertz CT molecular complexity index is 345. The molecule has 3 amide bonds. The number of likely N-dealkylation sites (tertiary alicyclic amines) is 1. The van der Waals surface area contributed by atoms with Gasteiger partial charge in [-0.25, -0.2) is 4.79 Å². The largest absolute Gasteiger partial charge is 0.480 e. The van der Waals surface area contributed by atoms with Gasteiger partial charge in [0.25, 0.3) is 0 Å². The van der Waals surface area contributed by atoms with E-state index in [2.05, 4.69) is 10.2 Å². The number of hydrogen-bond donors (Lipinski definition) is 3. The van der Waals surface area contributed by atoms with Gasteiger partial charge in [0, 0.05) is 12.6 Å². The molecule has 1 saturated heterocycles. The molecule has 1 unspecified atom stereocenters. The summed E-state index contributed by atoms with van der Waals surface area (Å²) >= 11 is 0. The van der Waals surface area contributed by atoms with Gasteiger partial charge < -0.3 is 26.0 Å². The van der Waals surface area contributed by atoms with Gasteiger partial charge in [0.1, 0.15) is 13.1 Å². The minimum Gasteiger partial charge on any atom is -0.480 e. The van der Waals surface area contributed by atoms with Gasteiger partial charge in [0.05, 0.1) is 0 Å². The highest BCUT2D eigenvalue weighted by atomic mass is 16.4. The second-order valence-electron chi connectivity index (χ2n) is 4.68. The molecule has 0 spiro atoms. The second kappa shape index (κ2) is 6.93. The van der Waals surface area contributed by atoms with E-state index in [0.717, 1.165) is 24.3 Å². The standard InChI is InChI=1S/C11H20N4O4/c1-14-4-2-3-8(14)5-13-11(19)15(6-9(12)16)7-10(17)18/h8H,2-7H2,1H3,(H2,12,16)(H,13,19)(H,17,18). The van der Waals surface area contributed by atoms with Crippen molar-refractivity contribution in [1.29, 1.82) is 0 Å². The van der Waals surface area contributed by atoms with E-state index < -0.39 is 31.0 Å². The summed E-state index contributed by atoms with van der Waals surface area (Å²) in [4.78, 5) is 36.3. The minimum atomic E-state index is -1.19. The quantitative estimate of drug-likeness (QED) is 0.553. The first kappa shape index (κ1) is 15.2. The number of nitrogens with zero attached hydrogens (tertiary/aromatic N) is 2. The molecule has 0 aliphatic carbocycles. The lowest BCUT2D eigenvalue weighted by atomic mass is 10.2. The maximum Gasteiger partial charge on any atom is 0.323 e. The van der Waals surface area contributed by atoms with Crippen molar-refractivity contribution in [2.24, 2.45) is 5.73 Å². The molecule has 0 aromatic rings. The fraction of sp³-hybridized carbons (Fsp3) is 0.727. The number of nitrogens with two attached hydrogens (primary N) is 1. The van der Waals surface area contributed by atoms with E-state index in [9.17, 15) is 14.4 Å². The topological polar surface area (TPSA) is 116 Å². The first-order chi connectivity index (χ1) is 8.90. The summed E-state index contributed by atoms with van der Waals surface area (Å²) in [5.41, 5.74) is 4.99. The summed E-state index contributed by atoms with van der Waals surface area (Å²) in [5.74, 6) is -1.93. The monoisotopic (exact) mass is 272 g/mol. The summed E-state index contributed by atoms with van der Waals surface area (Å²) < 4.78 is 0. The Hall–Kier alpha value is -1.83. The predicted octanol–water partition coefficient (Wildman–Crippen LogP) is -1.34. The van der Waals surface area contributed by atoms with E-state index in [1.54, 1.807) is 0 Å². The number of nitrogens with one attached hydrogen (secondary N) is 1. The third kappa shape index (κ3) is 5.12. The maximum absolute atomic E-state index is 11.8. The van der Waals surface area contributed by atoms with Crippen molar-refractivity contribution < 1.29 is 19.5 Å². The van der Waals surface area contributed by atoms with Crippen LogP contribution in [0.2, 0.25) is 0 Å². The van der Waals surface area contributed by atoms with Crippen LogP contribution in [0, 0.1) is 0 Å². The number of urea groups is 1. The van der Waals surface area contributed by atoms with Gasteiger partial charge in [-0.05, 0) is 26.4 Å². The molecule has 1 aliphatic rings. The Morgan fingerprint density at radius 3 is 2.58 bits per heavy atom. The molecular formula is C11H20N4O4. The Morgan fingerprint density at radius 2 is 2.11 bits per heavy atom. The first-order valence-electron chi connectivity index (χ1n) is 6.13. The molecule has 8 heteroatoms. The molecule has 0 saturated carbocycles. The zero-order valence-corrected chi connectivity index (χ0v) is 11.0. The van der Waals surface area contributed by atoms with Gasteiger partial charge in [0.2, 0.25) is 5.91 Å². The number of likely N-dealkylation sites (N-methyl/N-ethyl adjacent to an activating group) is 1. The molecule has 4 N–H and O–H groups in total. The number of aliphatic carboxylic acids is 1. The van der Waals surface area contributed by atoms with E-state index in [1.807, 2.05) is 7.05 Å². The van der Waals surface area contributed by atoms with E-state index in [4.69, 9.17) is 10.8 Å². The number of carboxylic acids is 1. The van der Waals surface area contributed by atoms with Crippen molar-refractivity contribution in [2.45, 2.75) is 18.9 Å². The van der Waals surface area contributed by atoms with Crippen LogP contribution in [0.15, 0.2) is 0 Å². The Kier molecular flexibility index (Phi) is 5.56. The summed E-state index contributed by atoms with van der Waals surface area (Å²) in [6.45, 7) is 0.471. The Morgan fingerprint density at radius 1 is 1.42 bits per heavy atom. The Balaban J connectivity index is 2.46. The predicted molar refractivity (Wildman–Crippen MR) is 67.5 cm³/mol. The SMILES string of the molecule is CN1CCCC1CNC(=O)N(CC(N)=O)CC(=O)O. The van der Waals surface area contributed by atoms with E-state index in [1.165, 1.54) is 0 Å². The minimum absolute atomic E-state index is 0.254. The van der Waals surface area contributed by atoms with Crippen LogP contribution in [-0.2, 0) is 9.59 Å². The molecular weight excluding hydrogens is 252 g/mol. The molecule has 0 aromatic heterocycles. The van der Waals surface area contributed by atoms with Crippen LogP contribution in [-0.4, -0.2) is 72.1 Å². The molecule has 0 bridgehead atoms. The van der Waals surface area contributed by atoms with Crippen molar-refractivity contribution >= 4 is 17.9 Å². The van der Waals surface area contributed by atoms with Crippen LogP contribution >= 0.6 is 0 Å². The van der Waals surface area contributed by atoms with Gasteiger partial charge in [-0.15, -0.1) is 0 Å². The summed E-state index contributed by atoms with van der Waals surface area (Å²) in [6, 6.07) is -0.328. The number of rotatable bonds is 6. The number of hydrogen-bond acceptors (Lipinski definition) is 4. The van der Waals surface area contributed by atoms with Crippen molar-refractivity contribution in [2.75, 3.05) is 33.2 Å². The van der Waals surface area contributed by atoms with Gasteiger partial charge in [-0.3, -0.25) is 9.59 Å². The van der Waals surface area contributed by atoms with Gasteiger partial charge in [-0.1, -0.05) is 0 Å². The molecule has 1 fully saturated rings. The number of amides is 3. The van der Waals surface area contributed by atoms with Crippen LogP contribution in [0.25, 0.3) is 0 Å². The highest BCUT2D eigenvalue weighted by molar-refractivity contribution is 5.85. The van der Waals surface area contributed by atoms with Crippen LogP contribution in [0.1, 0.15) is 12.8 Å². The zero-order chi connectivity index (χ0) is 14.4. The smallest absolute Gasteiger partial charge is 0.323 e. The zero-order valence-electron chi connectivity index (χ0n) is 11.0. The van der Waals surface area contributed by atoms with E-state index >= 15 is 0 Å². The van der Waals surface area contributed by atoms with Crippen LogP contribution in [0.4, 0.5) is 4.79 Å². The lowest BCUT2D eigenvalue weighted by molar-refractivity contribution is -0.137. The maximum atomic E-state index is 11.8. The lowest BCUT2D eigenvalue weighted by Crippen LogP contribution is -2.49. The fourth-order valence-corrected chi connectivity index (χ4v) is 2.10. The van der Waals surface area contributed by atoms with Crippen LogP contribution < -0.4 is 11.1 Å². The number of primary amides is 1. The molecule has 1 rings (SSSR count). The highest BCUT2D eigenvalue weighted by Gasteiger charge is 2.23. The lowest BCUT2D eigenvalue weighted by Gasteiger charge is -2.23. The summed E-state index contributed by atoms with van der Waals surface area (Å²) in [6.07, 6.45) is 2.07. The van der Waals surface area contributed by atoms with Gasteiger partial charge >= 0.3 is 12.0 Å². The molecule has 0 aromatic carbocycles. The molecule has 108 valence electrons. The highest BCUT2D eigenvalue weighted by Crippen LogP contribution is 2.13. The fourth-order valence-electron chi connectivity index (χ4n) is 2.10. The number of carboxylic acid groups (broad SMARTS) is 1.